The molecule has 8 atom stereocenters. The number of aliphatic hydroxyl groups is 4. The summed E-state index contributed by atoms with van der Waals surface area (Å²) in [5.41, 5.74) is -4.75. The van der Waals surface area contributed by atoms with E-state index in [4.69, 9.17) is 4.74 Å². The Bertz CT molecular complexity index is 982. The van der Waals surface area contributed by atoms with Crippen molar-refractivity contribution in [2.75, 3.05) is 6.61 Å². The van der Waals surface area contributed by atoms with Crippen molar-refractivity contribution in [1.82, 2.24) is 0 Å². The second-order valence-corrected chi connectivity index (χ2v) is 12.7. The molecule has 0 aliphatic heterocycles. The lowest BCUT2D eigenvalue weighted by Crippen LogP contribution is -2.65. The Hall–Kier alpha value is -1.54. The van der Waals surface area contributed by atoms with Gasteiger partial charge in [0, 0.05) is 41.9 Å². The van der Waals surface area contributed by atoms with E-state index in [2.05, 4.69) is 6.92 Å². The highest BCUT2D eigenvalue weighted by atomic mass is 16.6. The molecule has 4 rings (SSSR count). The lowest BCUT2D eigenvalue weighted by molar-refractivity contribution is -0.221. The van der Waals surface area contributed by atoms with Crippen LogP contribution in [0.5, 0.6) is 0 Å². The van der Waals surface area contributed by atoms with Gasteiger partial charge in [-0.15, -0.1) is 0 Å². The smallest absolute Gasteiger partial charge is 0.306 e. The van der Waals surface area contributed by atoms with Crippen LogP contribution in [0.1, 0.15) is 92.4 Å². The van der Waals surface area contributed by atoms with Gasteiger partial charge in [-0.2, -0.15) is 0 Å². The molecule has 0 aromatic carbocycles. The number of aliphatic hydroxyl groups excluding tert-OH is 1. The van der Waals surface area contributed by atoms with Crippen molar-refractivity contribution in [1.29, 1.82) is 0 Å². The van der Waals surface area contributed by atoms with Gasteiger partial charge in [0.2, 0.25) is 0 Å². The summed E-state index contributed by atoms with van der Waals surface area (Å²) in [6.07, 6.45) is 10.1. The van der Waals surface area contributed by atoms with Gasteiger partial charge in [-0.25, -0.2) is 0 Å². The van der Waals surface area contributed by atoms with E-state index in [1.54, 1.807) is 26.0 Å². The van der Waals surface area contributed by atoms with Crippen molar-refractivity contribution in [3.05, 3.63) is 23.3 Å². The summed E-state index contributed by atoms with van der Waals surface area (Å²) >= 11 is 0. The molecule has 0 saturated heterocycles. The molecule has 7 heteroatoms. The molecule has 4 aliphatic carbocycles. The first-order valence-corrected chi connectivity index (χ1v) is 14.2. The van der Waals surface area contributed by atoms with Crippen LogP contribution >= 0.6 is 0 Å². The minimum Gasteiger partial charge on any atom is -0.459 e. The Morgan fingerprint density at radius 2 is 1.68 bits per heavy atom. The number of esters is 1. The molecular weight excluding hydrogens is 472 g/mol. The number of hydrogen-bond donors (Lipinski definition) is 4. The summed E-state index contributed by atoms with van der Waals surface area (Å²) in [5, 5.41) is 46.1. The average molecular weight is 519 g/mol. The standard InChI is InChI=1S/C30H46O7/c1-6-7-8-9-10-11-12-13-23(32)37-26-19(3)29(35)21(24-27(4,5)30(24,26)36)15-20(17-31)16-28(34)22(29)14-18(2)25(28)33/h14-15,19,21-22,24,26,31,34-36H,6-13,16-17H2,1-5H3/t19-,21+,22-,24+,26-,28-,29-,30-/m1/s1. The van der Waals surface area contributed by atoms with Crippen LogP contribution in [-0.2, 0) is 14.3 Å². The maximum atomic E-state index is 13.1. The highest BCUT2D eigenvalue weighted by Gasteiger charge is 2.85. The monoisotopic (exact) mass is 518 g/mol. The maximum Gasteiger partial charge on any atom is 0.306 e. The fourth-order valence-electron chi connectivity index (χ4n) is 8.03. The van der Waals surface area contributed by atoms with E-state index < -0.39 is 63.7 Å². The minimum atomic E-state index is -1.89. The molecule has 4 N–H and O–H groups in total. The number of hydrogen-bond acceptors (Lipinski definition) is 7. The molecule has 0 radical (unpaired) electrons. The third-order valence-corrected chi connectivity index (χ3v) is 10.2. The molecule has 0 aromatic heterocycles. The molecule has 0 spiro atoms. The van der Waals surface area contributed by atoms with Crippen molar-refractivity contribution < 1.29 is 34.8 Å². The van der Waals surface area contributed by atoms with Crippen molar-refractivity contribution in [2.24, 2.45) is 29.1 Å². The first-order chi connectivity index (χ1) is 17.3. The first-order valence-electron chi connectivity index (χ1n) is 14.2. The van der Waals surface area contributed by atoms with Gasteiger partial charge in [-0.3, -0.25) is 9.59 Å². The minimum absolute atomic E-state index is 0.0827. The number of carbonyl (C=O) groups excluding carboxylic acids is 2. The molecular formula is C30H46O7. The van der Waals surface area contributed by atoms with Crippen LogP contribution in [0.15, 0.2) is 23.3 Å². The normalized spacial score (nSPS) is 41.6. The zero-order chi connectivity index (χ0) is 27.4. The third kappa shape index (κ3) is 4.16. The van der Waals surface area contributed by atoms with Gasteiger partial charge in [0.05, 0.1) is 12.2 Å². The highest BCUT2D eigenvalue weighted by Crippen LogP contribution is 2.75. The van der Waals surface area contributed by atoms with Gasteiger partial charge in [0.15, 0.2) is 5.78 Å². The van der Waals surface area contributed by atoms with Crippen molar-refractivity contribution in [3.8, 4) is 0 Å². The Labute approximate surface area is 221 Å². The fraction of sp³-hybridized carbons (Fsp3) is 0.800. The second kappa shape index (κ2) is 9.89. The number of fused-ring (bicyclic) bond motifs is 5. The molecule has 0 bridgehead atoms. The largest absolute Gasteiger partial charge is 0.459 e. The number of ketones is 1. The van der Waals surface area contributed by atoms with E-state index in [0.717, 1.165) is 19.3 Å². The Morgan fingerprint density at radius 1 is 1.05 bits per heavy atom. The second-order valence-electron chi connectivity index (χ2n) is 12.7. The fourth-order valence-corrected chi connectivity index (χ4v) is 8.03. The van der Waals surface area contributed by atoms with Crippen molar-refractivity contribution >= 4 is 11.8 Å². The lowest BCUT2D eigenvalue weighted by atomic mass is 9.59. The lowest BCUT2D eigenvalue weighted by Gasteiger charge is -2.52. The third-order valence-electron chi connectivity index (χ3n) is 10.2. The van der Waals surface area contributed by atoms with E-state index in [9.17, 15) is 30.0 Å². The summed E-state index contributed by atoms with van der Waals surface area (Å²) in [4.78, 5) is 26.1. The molecule has 208 valence electrons. The zero-order valence-electron chi connectivity index (χ0n) is 23.1. The molecule has 4 aliphatic rings. The topological polar surface area (TPSA) is 124 Å². The number of rotatable bonds is 10. The summed E-state index contributed by atoms with van der Waals surface area (Å²) in [6, 6.07) is 0. The molecule has 7 nitrogen and oxygen atoms in total. The first kappa shape index (κ1) is 28.5. The van der Waals surface area contributed by atoms with Gasteiger partial charge in [0.25, 0.3) is 0 Å². The number of Topliss-reactive ketones (excluding diaryl/α,β-unsaturated/α-hetero) is 1. The predicted octanol–water partition coefficient (Wildman–Crippen LogP) is 3.62. The molecule has 2 fully saturated rings. The van der Waals surface area contributed by atoms with E-state index in [1.165, 1.54) is 19.3 Å². The average Bonchev–Trinajstić information content (AvgIpc) is 3.24. The van der Waals surface area contributed by atoms with Crippen molar-refractivity contribution in [3.63, 3.8) is 0 Å². The van der Waals surface area contributed by atoms with Crippen LogP contribution in [0.3, 0.4) is 0 Å². The highest BCUT2D eigenvalue weighted by molar-refractivity contribution is 6.04. The Morgan fingerprint density at radius 3 is 2.30 bits per heavy atom. The quantitative estimate of drug-likeness (QED) is 0.198. The number of ether oxygens (including phenoxy) is 1. The molecule has 2 saturated carbocycles. The van der Waals surface area contributed by atoms with Crippen LogP contribution in [0.4, 0.5) is 0 Å². The van der Waals surface area contributed by atoms with Crippen LogP contribution < -0.4 is 0 Å². The molecule has 0 amide bonds. The van der Waals surface area contributed by atoms with E-state index >= 15 is 0 Å². The summed E-state index contributed by atoms with van der Waals surface area (Å²) < 4.78 is 5.98. The Kier molecular flexibility index (Phi) is 7.61. The van der Waals surface area contributed by atoms with E-state index in [0.29, 0.717) is 17.6 Å². The number of unbranched alkanes of at least 4 members (excludes halogenated alkanes) is 6. The molecule has 0 unspecified atom stereocenters. The maximum absolute atomic E-state index is 13.1. The van der Waals surface area contributed by atoms with Gasteiger partial charge < -0.3 is 25.2 Å². The van der Waals surface area contributed by atoms with Crippen LogP contribution in [0.2, 0.25) is 0 Å². The van der Waals surface area contributed by atoms with Gasteiger partial charge >= 0.3 is 5.97 Å². The summed E-state index contributed by atoms with van der Waals surface area (Å²) in [5.74, 6) is -3.66. The SMILES string of the molecule is CCCCCCCCCC(=O)O[C@@H]1[C@@H](C)[C@@]2(O)[C@@H](C=C(CO)C[C@]3(O)C(=O)C(C)=C[C@@H]23)[C@H]2C(C)(C)[C@]12O. The Balaban J connectivity index is 1.60. The van der Waals surface area contributed by atoms with E-state index in [-0.39, 0.29) is 19.4 Å². The van der Waals surface area contributed by atoms with E-state index in [1.807, 2.05) is 13.8 Å². The van der Waals surface area contributed by atoms with Gasteiger partial charge in [-0.1, -0.05) is 78.4 Å². The predicted molar refractivity (Wildman–Crippen MR) is 139 cm³/mol. The molecule has 0 aromatic rings. The van der Waals surface area contributed by atoms with Gasteiger partial charge in [-0.05, 0) is 24.5 Å². The summed E-state index contributed by atoms with van der Waals surface area (Å²) in [7, 11) is 0. The number of carbonyl (C=O) groups is 2. The van der Waals surface area contributed by atoms with Gasteiger partial charge in [0.1, 0.15) is 17.3 Å². The summed E-state index contributed by atoms with van der Waals surface area (Å²) in [6.45, 7) is 8.99. The van der Waals surface area contributed by atoms with Crippen LogP contribution in [0.25, 0.3) is 0 Å². The molecule has 37 heavy (non-hydrogen) atoms. The van der Waals surface area contributed by atoms with Crippen LogP contribution in [0, 0.1) is 29.1 Å². The van der Waals surface area contributed by atoms with Crippen molar-refractivity contribution in [2.45, 2.75) is 115 Å². The zero-order valence-corrected chi connectivity index (χ0v) is 23.1. The molecule has 0 heterocycles. The van der Waals surface area contributed by atoms with Crippen LogP contribution in [-0.4, -0.2) is 61.7 Å².